The van der Waals surface area contributed by atoms with Gasteiger partial charge in [-0.25, -0.2) is 0 Å². The fourth-order valence-corrected chi connectivity index (χ4v) is 6.27. The summed E-state index contributed by atoms with van der Waals surface area (Å²) in [6.07, 6.45) is 2.79. The summed E-state index contributed by atoms with van der Waals surface area (Å²) >= 11 is 0. The van der Waals surface area contributed by atoms with Gasteiger partial charge in [0, 0.05) is 6.04 Å². The van der Waals surface area contributed by atoms with E-state index in [2.05, 4.69) is 21.3 Å². The van der Waals surface area contributed by atoms with Gasteiger partial charge in [0.05, 0.1) is 18.2 Å². The number of aliphatic hydroxyl groups excluding tert-OH is 1. The first-order chi connectivity index (χ1) is 23.1. The predicted octanol–water partition coefficient (Wildman–Crippen LogP) is 4.17. The van der Waals surface area contributed by atoms with Crippen LogP contribution in [0.15, 0.2) is 78.9 Å². The van der Waals surface area contributed by atoms with E-state index in [9.17, 15) is 19.5 Å². The number of hydrogen-bond acceptors (Lipinski definition) is 6. The summed E-state index contributed by atoms with van der Waals surface area (Å²) in [6.45, 7) is 8.28. The lowest BCUT2D eigenvalue weighted by atomic mass is 9.93. The quantitative estimate of drug-likeness (QED) is 0.158. The Morgan fingerprint density at radius 2 is 1.46 bits per heavy atom. The minimum Gasteiger partial charge on any atom is -0.483 e. The van der Waals surface area contributed by atoms with Crippen LogP contribution < -0.4 is 26.0 Å². The molecule has 258 valence electrons. The van der Waals surface area contributed by atoms with Gasteiger partial charge in [-0.1, -0.05) is 99.1 Å². The Hall–Kier alpha value is -4.21. The minimum absolute atomic E-state index is 0.151. The highest BCUT2D eigenvalue weighted by molar-refractivity contribution is 5.90. The van der Waals surface area contributed by atoms with Gasteiger partial charge in [0.25, 0.3) is 5.91 Å². The van der Waals surface area contributed by atoms with Crippen LogP contribution in [0.5, 0.6) is 5.75 Å². The number of piperidine rings is 1. The molecule has 0 radical (unpaired) electrons. The minimum atomic E-state index is -0.998. The first kappa shape index (κ1) is 36.6. The van der Waals surface area contributed by atoms with Crippen molar-refractivity contribution in [3.8, 4) is 5.75 Å². The molecule has 0 aliphatic carbocycles. The van der Waals surface area contributed by atoms with Crippen LogP contribution in [0.2, 0.25) is 0 Å². The molecule has 5 atom stereocenters. The Labute approximate surface area is 285 Å². The molecule has 1 heterocycles. The zero-order valence-corrected chi connectivity index (χ0v) is 28.7. The van der Waals surface area contributed by atoms with Gasteiger partial charge in [0.1, 0.15) is 11.8 Å². The number of nitrogens with one attached hydrogen (secondary N) is 4. The van der Waals surface area contributed by atoms with Gasteiger partial charge in [0.15, 0.2) is 6.61 Å². The van der Waals surface area contributed by atoms with E-state index in [0.717, 1.165) is 48.1 Å². The van der Waals surface area contributed by atoms with E-state index in [-0.39, 0.29) is 42.7 Å². The predicted molar refractivity (Wildman–Crippen MR) is 189 cm³/mol. The second-order valence-electron chi connectivity index (χ2n) is 13.3. The average Bonchev–Trinajstić information content (AvgIpc) is 3.07. The molecule has 3 aromatic rings. The number of hydrogen-bond donors (Lipinski definition) is 5. The zero-order chi connectivity index (χ0) is 34.5. The lowest BCUT2D eigenvalue weighted by molar-refractivity contribution is -0.132. The largest absolute Gasteiger partial charge is 0.483 e. The van der Waals surface area contributed by atoms with Crippen LogP contribution in [-0.2, 0) is 27.2 Å². The van der Waals surface area contributed by atoms with Crippen molar-refractivity contribution in [3.63, 3.8) is 0 Å². The molecular weight excluding hydrogens is 604 g/mol. The average molecular weight is 657 g/mol. The summed E-state index contributed by atoms with van der Waals surface area (Å²) in [4.78, 5) is 40.1. The summed E-state index contributed by atoms with van der Waals surface area (Å²) in [5.74, 6) is -0.295. The number of aliphatic hydroxyl groups is 1. The third-order valence-electron chi connectivity index (χ3n) is 8.94. The number of carbonyl (C=O) groups excluding carboxylic acids is 3. The van der Waals surface area contributed by atoms with Gasteiger partial charge in [0.2, 0.25) is 11.8 Å². The third-order valence-corrected chi connectivity index (χ3v) is 8.94. The molecule has 1 fully saturated rings. The Morgan fingerprint density at radius 1 is 0.833 bits per heavy atom. The van der Waals surface area contributed by atoms with Gasteiger partial charge < -0.3 is 31.1 Å². The SMILES string of the molecule is Cc1cccc(C)c1OCC(=O)N[C@@H](Cc1ccccc1)[C@@H](O)C[C@H](Cc1ccccc1)NC(=O)[C@@H](NC(=O)C1CCCCN1)C(C)C. The number of rotatable bonds is 16. The Balaban J connectivity index is 1.49. The number of amides is 3. The number of aryl methyl sites for hydroxylation is 2. The molecule has 0 spiro atoms. The first-order valence-corrected chi connectivity index (χ1v) is 17.2. The number of benzene rings is 3. The van der Waals surface area contributed by atoms with E-state index >= 15 is 0 Å². The van der Waals surface area contributed by atoms with Crippen LogP contribution in [0.4, 0.5) is 0 Å². The Bertz CT molecular complexity index is 1440. The van der Waals surface area contributed by atoms with Gasteiger partial charge in [-0.05, 0) is 80.7 Å². The van der Waals surface area contributed by atoms with Gasteiger partial charge in [-0.2, -0.15) is 0 Å². The Morgan fingerprint density at radius 3 is 2.04 bits per heavy atom. The topological polar surface area (TPSA) is 129 Å². The standard InChI is InChI=1S/C39H52N4O5/c1-26(2)36(43-38(46)32-20-11-12-21-40-32)39(47)41-31(22-29-16-7-5-8-17-29)24-34(44)33(23-30-18-9-6-10-19-30)42-35(45)25-48-37-27(3)14-13-15-28(37)4/h5-10,13-19,26,31-34,36,40,44H,11-12,20-25H2,1-4H3,(H,41,47)(H,42,45)(H,43,46)/t31-,32?,33-,34-,36-/m0/s1. The van der Waals surface area contributed by atoms with E-state index < -0.39 is 24.2 Å². The van der Waals surface area contributed by atoms with Gasteiger partial charge in [-0.15, -0.1) is 0 Å². The molecule has 48 heavy (non-hydrogen) atoms. The molecule has 1 aliphatic rings. The van der Waals surface area contributed by atoms with Crippen LogP contribution in [0.25, 0.3) is 0 Å². The highest BCUT2D eigenvalue weighted by atomic mass is 16.5. The van der Waals surface area contributed by atoms with Crippen LogP contribution in [0.1, 0.15) is 61.8 Å². The maximum Gasteiger partial charge on any atom is 0.258 e. The molecule has 5 N–H and O–H groups in total. The molecular formula is C39H52N4O5. The summed E-state index contributed by atoms with van der Waals surface area (Å²) in [7, 11) is 0. The summed E-state index contributed by atoms with van der Waals surface area (Å²) in [5, 5.41) is 24.1. The molecule has 1 saturated heterocycles. The van der Waals surface area contributed by atoms with E-state index in [4.69, 9.17) is 4.74 Å². The molecule has 0 saturated carbocycles. The van der Waals surface area contributed by atoms with Crippen LogP contribution in [-0.4, -0.2) is 66.3 Å². The van der Waals surface area contributed by atoms with E-state index in [1.54, 1.807) is 0 Å². The first-order valence-electron chi connectivity index (χ1n) is 17.2. The number of para-hydroxylation sites is 1. The van der Waals surface area contributed by atoms with Crippen LogP contribution >= 0.6 is 0 Å². The molecule has 0 bridgehead atoms. The van der Waals surface area contributed by atoms with Crippen molar-refractivity contribution >= 4 is 17.7 Å². The van der Waals surface area contributed by atoms with Gasteiger partial charge in [-0.3, -0.25) is 14.4 Å². The number of carbonyl (C=O) groups is 3. The maximum absolute atomic E-state index is 13.8. The number of ether oxygens (including phenoxy) is 1. The fraction of sp³-hybridized carbons (Fsp3) is 0.462. The maximum atomic E-state index is 13.8. The van der Waals surface area contributed by atoms with Crippen molar-refractivity contribution < 1.29 is 24.2 Å². The van der Waals surface area contributed by atoms with Crippen molar-refractivity contribution in [2.75, 3.05) is 13.2 Å². The molecule has 9 heteroatoms. The van der Waals surface area contributed by atoms with Crippen molar-refractivity contribution in [2.24, 2.45) is 5.92 Å². The molecule has 1 aliphatic heterocycles. The lowest BCUT2D eigenvalue weighted by Crippen LogP contribution is -2.57. The summed E-state index contributed by atoms with van der Waals surface area (Å²) in [5.41, 5.74) is 3.83. The Kier molecular flexibility index (Phi) is 14.0. The summed E-state index contributed by atoms with van der Waals surface area (Å²) in [6, 6.07) is 23.1. The van der Waals surface area contributed by atoms with E-state index in [0.29, 0.717) is 18.6 Å². The van der Waals surface area contributed by atoms with Crippen LogP contribution in [0, 0.1) is 19.8 Å². The highest BCUT2D eigenvalue weighted by Gasteiger charge is 2.32. The summed E-state index contributed by atoms with van der Waals surface area (Å²) < 4.78 is 5.91. The monoisotopic (exact) mass is 656 g/mol. The molecule has 3 aromatic carbocycles. The second kappa shape index (κ2) is 18.4. The van der Waals surface area contributed by atoms with Crippen molar-refractivity contribution in [1.82, 2.24) is 21.3 Å². The fourth-order valence-electron chi connectivity index (χ4n) is 6.27. The van der Waals surface area contributed by atoms with E-state index in [1.807, 2.05) is 107 Å². The lowest BCUT2D eigenvalue weighted by Gasteiger charge is -2.31. The third kappa shape index (κ3) is 11.2. The molecule has 0 aromatic heterocycles. The molecule has 9 nitrogen and oxygen atoms in total. The van der Waals surface area contributed by atoms with Gasteiger partial charge >= 0.3 is 0 Å². The van der Waals surface area contributed by atoms with E-state index in [1.165, 1.54) is 0 Å². The van der Waals surface area contributed by atoms with Crippen LogP contribution in [0.3, 0.4) is 0 Å². The molecule has 3 amide bonds. The second-order valence-corrected chi connectivity index (χ2v) is 13.3. The van der Waals surface area contributed by atoms with Crippen molar-refractivity contribution in [3.05, 3.63) is 101 Å². The highest BCUT2D eigenvalue weighted by Crippen LogP contribution is 2.22. The smallest absolute Gasteiger partial charge is 0.258 e. The zero-order valence-electron chi connectivity index (χ0n) is 28.7. The van der Waals surface area contributed by atoms with Crippen molar-refractivity contribution in [1.29, 1.82) is 0 Å². The molecule has 1 unspecified atom stereocenters. The normalized spacial score (nSPS) is 17.1. The van der Waals surface area contributed by atoms with Crippen molar-refractivity contribution in [2.45, 2.75) is 96.5 Å². The molecule has 4 rings (SSSR count).